The van der Waals surface area contributed by atoms with Crippen LogP contribution in [0, 0.1) is 0 Å². The second-order valence-corrected chi connectivity index (χ2v) is 4.35. The monoisotopic (exact) mass is 244 g/mol. The van der Waals surface area contributed by atoms with E-state index in [1.165, 1.54) is 11.3 Å². The van der Waals surface area contributed by atoms with Crippen molar-refractivity contribution < 1.29 is 0 Å². The number of nitrogens with two attached hydrogens (primary N) is 1. The van der Waals surface area contributed by atoms with Crippen LogP contribution in [-0.2, 0) is 0 Å². The number of nitrogens with zero attached hydrogens (tertiary/aromatic N) is 1. The van der Waals surface area contributed by atoms with Crippen molar-refractivity contribution in [3.8, 4) is 11.3 Å². The Kier molecular flexibility index (Phi) is 2.63. The Bertz CT molecular complexity index is 468. The smallest absolute Gasteiger partial charge is 0.180 e. The predicted octanol–water partition coefficient (Wildman–Crippen LogP) is 3.70. The Morgan fingerprint density at radius 2 is 2.07 bits per heavy atom. The summed E-state index contributed by atoms with van der Waals surface area (Å²) in [6.45, 7) is 0. The van der Waals surface area contributed by atoms with Crippen molar-refractivity contribution >= 4 is 39.7 Å². The molecule has 0 bridgehead atoms. The first-order chi connectivity index (χ1) is 6.68. The minimum atomic E-state index is 0.513. The molecule has 1 heterocycles. The Morgan fingerprint density at radius 3 is 2.71 bits per heavy atom. The van der Waals surface area contributed by atoms with E-state index >= 15 is 0 Å². The van der Waals surface area contributed by atoms with Crippen LogP contribution in [0.2, 0.25) is 10.0 Å². The van der Waals surface area contributed by atoms with Gasteiger partial charge in [0.25, 0.3) is 0 Å². The lowest BCUT2D eigenvalue weighted by Gasteiger charge is -2.01. The van der Waals surface area contributed by atoms with Gasteiger partial charge in [0.1, 0.15) is 0 Å². The van der Waals surface area contributed by atoms with E-state index in [2.05, 4.69) is 4.98 Å². The number of anilines is 1. The summed E-state index contributed by atoms with van der Waals surface area (Å²) in [5.41, 5.74) is 7.11. The highest BCUT2D eigenvalue weighted by molar-refractivity contribution is 7.13. The van der Waals surface area contributed by atoms with Crippen molar-refractivity contribution in [1.82, 2.24) is 4.98 Å². The van der Waals surface area contributed by atoms with Gasteiger partial charge < -0.3 is 5.73 Å². The Morgan fingerprint density at radius 1 is 1.29 bits per heavy atom. The van der Waals surface area contributed by atoms with Gasteiger partial charge in [-0.3, -0.25) is 0 Å². The number of halogens is 2. The molecule has 2 rings (SSSR count). The molecular formula is C9H6Cl2N2S. The fourth-order valence-electron chi connectivity index (χ4n) is 1.11. The lowest BCUT2D eigenvalue weighted by Crippen LogP contribution is -1.84. The zero-order chi connectivity index (χ0) is 10.1. The second kappa shape index (κ2) is 3.77. The van der Waals surface area contributed by atoms with Gasteiger partial charge >= 0.3 is 0 Å². The molecule has 0 amide bonds. The number of thiazole rings is 1. The molecule has 0 spiro atoms. The van der Waals surface area contributed by atoms with Crippen molar-refractivity contribution in [3.63, 3.8) is 0 Å². The molecule has 5 heteroatoms. The molecule has 0 radical (unpaired) electrons. The Hall–Kier alpha value is -0.770. The molecule has 2 N–H and O–H groups in total. The van der Waals surface area contributed by atoms with Crippen LogP contribution < -0.4 is 5.73 Å². The summed E-state index contributed by atoms with van der Waals surface area (Å²) in [4.78, 5) is 4.14. The molecule has 0 saturated carbocycles. The van der Waals surface area contributed by atoms with Crippen LogP contribution in [0.5, 0.6) is 0 Å². The summed E-state index contributed by atoms with van der Waals surface area (Å²) in [6.07, 6.45) is 0. The molecular weight excluding hydrogens is 239 g/mol. The minimum absolute atomic E-state index is 0.513. The van der Waals surface area contributed by atoms with Gasteiger partial charge in [-0.25, -0.2) is 4.98 Å². The molecule has 1 aromatic carbocycles. The number of nitrogen functional groups attached to an aromatic ring is 1. The highest BCUT2D eigenvalue weighted by Crippen LogP contribution is 2.34. The zero-order valence-electron chi connectivity index (χ0n) is 7.00. The molecule has 0 fully saturated rings. The van der Waals surface area contributed by atoms with Crippen LogP contribution in [0.3, 0.4) is 0 Å². The van der Waals surface area contributed by atoms with Gasteiger partial charge in [0.05, 0.1) is 15.7 Å². The Labute approximate surface area is 95.3 Å². The third kappa shape index (κ3) is 1.71. The lowest BCUT2D eigenvalue weighted by molar-refractivity contribution is 1.41. The van der Waals surface area contributed by atoms with E-state index in [4.69, 9.17) is 28.9 Å². The molecule has 0 saturated heterocycles. The van der Waals surface area contributed by atoms with Gasteiger partial charge in [0.15, 0.2) is 5.13 Å². The molecule has 2 aromatic rings. The quantitative estimate of drug-likeness (QED) is 0.831. The predicted molar refractivity (Wildman–Crippen MR) is 62.0 cm³/mol. The maximum absolute atomic E-state index is 6.03. The third-order valence-corrected chi connectivity index (χ3v) is 3.24. The van der Waals surface area contributed by atoms with E-state index in [0.29, 0.717) is 15.2 Å². The van der Waals surface area contributed by atoms with Crippen LogP contribution in [0.25, 0.3) is 11.3 Å². The first-order valence-electron chi connectivity index (χ1n) is 3.84. The summed E-state index contributed by atoms with van der Waals surface area (Å²) in [7, 11) is 0. The van der Waals surface area contributed by atoms with Crippen molar-refractivity contribution in [3.05, 3.63) is 33.6 Å². The van der Waals surface area contributed by atoms with E-state index in [1.54, 1.807) is 6.07 Å². The average molecular weight is 245 g/mol. The number of hydrogen-bond donors (Lipinski definition) is 1. The molecule has 1 aromatic heterocycles. The van der Waals surface area contributed by atoms with E-state index in [-0.39, 0.29) is 0 Å². The van der Waals surface area contributed by atoms with Crippen LogP contribution in [0.4, 0.5) is 5.13 Å². The van der Waals surface area contributed by atoms with Gasteiger partial charge in [-0.1, -0.05) is 35.3 Å². The largest absolute Gasteiger partial charge is 0.375 e. The summed E-state index contributed by atoms with van der Waals surface area (Å²) < 4.78 is 0. The molecule has 0 unspecified atom stereocenters. The van der Waals surface area contributed by atoms with Crippen LogP contribution in [-0.4, -0.2) is 4.98 Å². The number of benzene rings is 1. The molecule has 14 heavy (non-hydrogen) atoms. The van der Waals surface area contributed by atoms with Gasteiger partial charge in [0, 0.05) is 10.9 Å². The number of hydrogen-bond acceptors (Lipinski definition) is 3. The normalized spacial score (nSPS) is 10.4. The first kappa shape index (κ1) is 9.77. The molecule has 0 aliphatic rings. The standard InChI is InChI=1S/C9H6Cl2N2S/c10-6-3-1-2-5(8(6)11)7-4-14-9(12)13-7/h1-4H,(H2,12,13). The van der Waals surface area contributed by atoms with Gasteiger partial charge in [0.2, 0.25) is 0 Å². The summed E-state index contributed by atoms with van der Waals surface area (Å²) >= 11 is 13.3. The van der Waals surface area contributed by atoms with Crippen molar-refractivity contribution in [2.75, 3.05) is 5.73 Å². The molecule has 0 aliphatic heterocycles. The maximum Gasteiger partial charge on any atom is 0.180 e. The highest BCUT2D eigenvalue weighted by atomic mass is 35.5. The Balaban J connectivity index is 2.57. The van der Waals surface area contributed by atoms with E-state index in [0.717, 1.165) is 11.3 Å². The molecule has 0 atom stereocenters. The van der Waals surface area contributed by atoms with Crippen LogP contribution >= 0.6 is 34.5 Å². The maximum atomic E-state index is 6.03. The lowest BCUT2D eigenvalue weighted by atomic mass is 10.2. The molecule has 72 valence electrons. The number of aromatic nitrogens is 1. The third-order valence-electron chi connectivity index (χ3n) is 1.75. The number of rotatable bonds is 1. The van der Waals surface area contributed by atoms with Crippen molar-refractivity contribution in [2.24, 2.45) is 0 Å². The summed E-state index contributed by atoms with van der Waals surface area (Å²) in [6, 6.07) is 5.44. The minimum Gasteiger partial charge on any atom is -0.375 e. The van der Waals surface area contributed by atoms with E-state index in [9.17, 15) is 0 Å². The topological polar surface area (TPSA) is 38.9 Å². The van der Waals surface area contributed by atoms with Crippen molar-refractivity contribution in [1.29, 1.82) is 0 Å². The summed E-state index contributed by atoms with van der Waals surface area (Å²) in [5.74, 6) is 0. The van der Waals surface area contributed by atoms with Gasteiger partial charge in [-0.2, -0.15) is 0 Å². The summed E-state index contributed by atoms with van der Waals surface area (Å²) in [5, 5.41) is 3.42. The molecule has 0 aliphatic carbocycles. The van der Waals surface area contributed by atoms with Crippen molar-refractivity contribution in [2.45, 2.75) is 0 Å². The fourth-order valence-corrected chi connectivity index (χ4v) is 2.07. The van der Waals surface area contributed by atoms with Crippen LogP contribution in [0.15, 0.2) is 23.6 Å². The SMILES string of the molecule is Nc1nc(-c2cccc(Cl)c2Cl)cs1. The molecule has 2 nitrogen and oxygen atoms in total. The fraction of sp³-hybridized carbons (Fsp3) is 0. The highest BCUT2D eigenvalue weighted by Gasteiger charge is 2.08. The first-order valence-corrected chi connectivity index (χ1v) is 5.47. The van der Waals surface area contributed by atoms with E-state index in [1.807, 2.05) is 17.5 Å². The second-order valence-electron chi connectivity index (χ2n) is 2.67. The van der Waals surface area contributed by atoms with Gasteiger partial charge in [-0.05, 0) is 6.07 Å². The van der Waals surface area contributed by atoms with Crippen LogP contribution in [0.1, 0.15) is 0 Å². The van der Waals surface area contributed by atoms with E-state index < -0.39 is 0 Å². The average Bonchev–Trinajstić information content (AvgIpc) is 2.57. The zero-order valence-corrected chi connectivity index (χ0v) is 9.33. The van der Waals surface area contributed by atoms with Gasteiger partial charge in [-0.15, -0.1) is 11.3 Å².